The van der Waals surface area contributed by atoms with E-state index in [2.05, 4.69) is 77.2 Å². The van der Waals surface area contributed by atoms with Crippen LogP contribution < -0.4 is 68.2 Å². The van der Waals surface area contributed by atoms with E-state index in [9.17, 15) is 121 Å². The van der Waals surface area contributed by atoms with E-state index in [4.69, 9.17) is 8.56 Å². The third-order valence-corrected chi connectivity index (χ3v) is 31.7. The Labute approximate surface area is 812 Å². The Balaban J connectivity index is 0.816. The quantitative estimate of drug-likeness (QED) is 0.0146. The number of anilines is 2. The Bertz CT molecular complexity index is 6410. The van der Waals surface area contributed by atoms with E-state index in [0.717, 1.165) is 23.5 Å². The number of fused-ring (bicyclic) bond motifs is 9. The Kier molecular flexibility index (Phi) is 37.2. The van der Waals surface area contributed by atoms with E-state index in [1.54, 1.807) is 94.4 Å². The summed E-state index contributed by atoms with van der Waals surface area (Å²) >= 11 is -4.58. The van der Waals surface area contributed by atoms with Gasteiger partial charge in [-0.25, -0.2) is 26.8 Å². The summed E-state index contributed by atoms with van der Waals surface area (Å²) in [7, 11) is -19.0. The van der Waals surface area contributed by atoms with Crippen molar-refractivity contribution in [2.24, 2.45) is 0 Å². The number of rotatable bonds is 43. The maximum atomic E-state index is 15.0. The van der Waals surface area contributed by atoms with Crippen molar-refractivity contribution in [1.82, 2.24) is 95.3 Å². The van der Waals surface area contributed by atoms with Crippen molar-refractivity contribution in [2.75, 3.05) is 127 Å². The van der Waals surface area contributed by atoms with Crippen LogP contribution in [0.15, 0.2) is 117 Å². The van der Waals surface area contributed by atoms with Gasteiger partial charge in [0.25, 0.3) is 21.9 Å². The molecule has 0 radical (unpaired) electrons. The van der Waals surface area contributed by atoms with Gasteiger partial charge in [0.2, 0.25) is 48.6 Å². The molecular formula is C85H110InN21O29S4. The molecule has 4 aromatic carbocycles. The molecule has 8 aromatic rings. The van der Waals surface area contributed by atoms with Crippen LogP contribution in [-0.2, 0) is 113 Å². The van der Waals surface area contributed by atoms with Gasteiger partial charge in [0.15, 0.2) is 11.9 Å². The van der Waals surface area contributed by atoms with E-state index in [0.29, 0.717) is 45.3 Å². The first-order chi connectivity index (χ1) is 66.1. The van der Waals surface area contributed by atoms with E-state index < -0.39 is 238 Å². The van der Waals surface area contributed by atoms with Crippen molar-refractivity contribution in [3.8, 4) is 0 Å². The van der Waals surface area contributed by atoms with Gasteiger partial charge in [-0.15, -0.1) is 0 Å². The van der Waals surface area contributed by atoms with Gasteiger partial charge in [0, 0.05) is 107 Å². The molecule has 4 bridgehead atoms. The van der Waals surface area contributed by atoms with E-state index in [1.165, 1.54) is 61.4 Å². The number of benzene rings is 4. The summed E-state index contributed by atoms with van der Waals surface area (Å²) in [5.74, 6) is -16.1. The SMILES string of the molecule is Cc1cc(C)c(S(=O)(=O)N[C@@H](CNC(=O)c2cn(CCCNC(=O)[C@H](CS(O)(O)O)NC(=O)CC[C@H](NC(=O)CN3CCN4CCN5CCN(CC3)CC(=O)[O][In]([O]C(=O)C4)[O]C(=O)C5)C(=O)N[C@@H](CS(=O)(=O)O)C(=O)NCCCn3cc(C(=O)NC[C@H](NS(=O)(=O)c4c(C)cc(C)cc4C)C(=O)O)c(=O)c4ccc(CNc5ncc[nH]5)cc43)c3cc(CNc4ncc[nH]4)ccc3c2=O)C(=O)O)c(C)c1. The number of hydrogen-bond acceptors (Lipinski definition) is 34. The summed E-state index contributed by atoms with van der Waals surface area (Å²) in [6, 6.07) is 5.36. The number of sulfonamides is 2. The Morgan fingerprint density at radius 2 is 0.871 bits per heavy atom. The van der Waals surface area contributed by atoms with Gasteiger partial charge in [0.1, 0.15) is 41.0 Å². The van der Waals surface area contributed by atoms with Crippen molar-refractivity contribution < 1.29 is 120 Å². The number of nitrogens with zero attached hydrogens (tertiary/aromatic N) is 8. The molecule has 55 heteroatoms. The molecule has 4 aromatic heterocycles. The first-order valence-corrected chi connectivity index (χ1v) is 54.3. The van der Waals surface area contributed by atoms with Gasteiger partial charge in [-0.1, -0.05) is 47.5 Å². The zero-order valence-corrected chi connectivity index (χ0v) is 83.4. The molecule has 7 amide bonds. The second-order valence-electron chi connectivity index (χ2n) is 33.9. The molecule has 7 heterocycles. The number of amides is 7. The molecule has 7 atom stereocenters. The van der Waals surface area contributed by atoms with Crippen LogP contribution in [-0.4, -0.2) is 343 Å². The van der Waals surface area contributed by atoms with E-state index in [-0.39, 0.29) is 149 Å². The second kappa shape index (κ2) is 48.2. The zero-order valence-electron chi connectivity index (χ0n) is 76.9. The number of imidazole rings is 2. The predicted octanol–water partition coefficient (Wildman–Crippen LogP) is -1.92. The fourth-order valence-electron chi connectivity index (χ4n) is 16.3. The number of H-pyrrole nitrogens is 2. The van der Waals surface area contributed by atoms with Gasteiger partial charge < -0.3 is 85.5 Å². The number of aromatic nitrogens is 6. The van der Waals surface area contributed by atoms with Crippen LogP contribution in [0, 0.1) is 41.5 Å². The fraction of sp³-hybridized carbons (Fsp3) is 0.435. The van der Waals surface area contributed by atoms with Crippen LogP contribution >= 0.6 is 10.9 Å². The number of pyridine rings is 2. The molecule has 756 valence electrons. The standard InChI is InChI=1S/C85H113N21O29S4.In/c1-49-31-51(3)75(52(4)32-49)138(132,133)99-62(82(122)123)39-92-77(117)59-41-105(66-35-55(9-11-57(66)73(59)115)37-94-84-88-17-18-89-84)21-7-15-86-79(119)64(47-136(126,127)128)97-68(107)14-13-61(96-69(108)43-101-23-25-102(44-70(109)110)27-29-104(46-72(113)114)30-28-103(26-24-101)45-71(111)112)81(121)98-65(48-137(129,130)131)80(120)87-16-8-22-106-42-60(74(116)58-12-10-56(36-67(58)106)38-95-85-90-19-20-91-85)78(118)93-40-63(83(124)125)100-139(134,135)76-53(5)33-50(2)34-54(76)6;/h9-12,17-20,31-36,41-42,61-65,99-100,126-128H,7-8,13-16,21-30,37-40,43-48H2,1-6H3,(H,86,119)(H,87,120)(H,92,117)(H,93,118)(H,96,108)(H,97,107)(H,98,121)(H,109,110)(H,111,112)(H,113,114)(H,122,123)(H,124,125)(H2,88,89,94)(H2,90,91,95)(H,129,130,131);/q;+3/p-3/t61-,62-,63-,64-,65-;/m0./s1. The number of nitrogens with one attached hydrogen (secondary N) is 13. The van der Waals surface area contributed by atoms with Crippen molar-refractivity contribution in [1.29, 1.82) is 0 Å². The molecule has 0 aliphatic carbocycles. The average molecular weight is 2130 g/mol. The molecule has 19 N–H and O–H groups in total. The average Bonchev–Trinajstić information content (AvgIpc) is 0.794. The number of carbonyl (C=O) groups is 12. The van der Waals surface area contributed by atoms with Crippen LogP contribution in [0.1, 0.15) is 90.9 Å². The minimum Gasteiger partial charge on any atom is -0.480 e. The molecule has 3 fully saturated rings. The minimum atomic E-state index is -5.27. The number of carboxylic acid groups (broad SMARTS) is 2. The smallest absolute Gasteiger partial charge is 0.480 e. The Morgan fingerprint density at radius 3 is 1.25 bits per heavy atom. The van der Waals surface area contributed by atoms with E-state index >= 15 is 0 Å². The first-order valence-electron chi connectivity index (χ1n) is 44.0. The number of hydrogen-bond donors (Lipinski definition) is 19. The molecule has 0 saturated carbocycles. The number of aryl methyl sites for hydroxylation is 8. The second-order valence-corrected chi connectivity index (χ2v) is 43.9. The van der Waals surface area contributed by atoms with Crippen molar-refractivity contribution in [3.63, 3.8) is 0 Å². The van der Waals surface area contributed by atoms with Gasteiger partial charge in [-0.05, 0) is 112 Å². The van der Waals surface area contributed by atoms with Crippen LogP contribution in [0.2, 0.25) is 0 Å². The number of carbonyl (C=O) groups excluding carboxylic acids is 10. The summed E-state index contributed by atoms with van der Waals surface area (Å²) in [6.07, 6.45) is 6.45. The minimum absolute atomic E-state index is 0.0101. The fourth-order valence-corrected chi connectivity index (χ4v) is 23.8. The molecule has 3 aliphatic heterocycles. The first kappa shape index (κ1) is 108. The van der Waals surface area contributed by atoms with Crippen LogP contribution in [0.4, 0.5) is 11.9 Å². The molecule has 3 aliphatic rings. The molecule has 2 unspecified atom stereocenters. The Hall–Kier alpha value is -12.4. The van der Waals surface area contributed by atoms with Gasteiger partial charge >= 0.3 is 208 Å². The zero-order chi connectivity index (χ0) is 102. The number of aliphatic carboxylic acids is 2. The third kappa shape index (κ3) is 31.1. The molecule has 3 saturated heterocycles. The summed E-state index contributed by atoms with van der Waals surface area (Å²) in [5.41, 5.74) is 1.57. The van der Waals surface area contributed by atoms with Crippen LogP contribution in [0.3, 0.4) is 0 Å². The van der Waals surface area contributed by atoms with E-state index in [1.807, 2.05) is 0 Å². The van der Waals surface area contributed by atoms with Crippen LogP contribution in [0.5, 0.6) is 0 Å². The molecule has 11 rings (SSSR count). The summed E-state index contributed by atoms with van der Waals surface area (Å²) in [5, 5.41) is 43.2. The topological polar surface area (TPSA) is 703 Å². The van der Waals surface area contributed by atoms with Gasteiger partial charge in [-0.2, -0.15) is 17.9 Å². The third-order valence-electron chi connectivity index (χ3n) is 22.7. The number of aromatic amines is 2. The monoisotopic (exact) mass is 2130 g/mol. The summed E-state index contributed by atoms with van der Waals surface area (Å²) in [4.78, 5) is 215. The van der Waals surface area contributed by atoms with Crippen molar-refractivity contribution >= 4 is 169 Å². The van der Waals surface area contributed by atoms with Crippen molar-refractivity contribution in [3.05, 3.63) is 174 Å². The summed E-state index contributed by atoms with van der Waals surface area (Å²) < 4.78 is 146. The van der Waals surface area contributed by atoms with Crippen LogP contribution in [0.25, 0.3) is 21.8 Å². The van der Waals surface area contributed by atoms with Gasteiger partial charge in [0.05, 0.1) is 37.4 Å². The molecule has 0 spiro atoms. The van der Waals surface area contributed by atoms with Gasteiger partial charge in [-0.3, -0.25) is 52.5 Å². The maximum absolute atomic E-state index is 15.0. The molecule has 140 heavy (non-hydrogen) atoms. The Morgan fingerprint density at radius 1 is 0.479 bits per heavy atom. The molecule has 50 nitrogen and oxygen atoms in total. The number of carboxylic acids is 2. The molecular weight excluding hydrogens is 2020 g/mol. The predicted molar refractivity (Wildman–Crippen MR) is 505 cm³/mol. The normalized spacial score (nSPS) is 17.0. The summed E-state index contributed by atoms with van der Waals surface area (Å²) in [6.45, 7) is 6.29. The van der Waals surface area contributed by atoms with Crippen molar-refractivity contribution in [2.45, 2.75) is 133 Å².